The van der Waals surface area contributed by atoms with E-state index >= 15 is 0 Å². The van der Waals surface area contributed by atoms with Gasteiger partial charge in [-0.1, -0.05) is 48.3 Å². The minimum absolute atomic E-state index is 0.122. The second-order valence-electron chi connectivity index (χ2n) is 8.83. The first-order valence-corrected chi connectivity index (χ1v) is 11.9. The van der Waals surface area contributed by atoms with Gasteiger partial charge < -0.3 is 14.7 Å². The third-order valence-electron chi connectivity index (χ3n) is 6.47. The van der Waals surface area contributed by atoms with Crippen molar-refractivity contribution in [2.45, 2.75) is 51.5 Å². The first-order chi connectivity index (χ1) is 15.3. The number of piperidine rings is 1. The second-order valence-corrected chi connectivity index (χ2v) is 8.83. The molecule has 1 N–H and O–H groups in total. The van der Waals surface area contributed by atoms with E-state index in [1.807, 2.05) is 30.3 Å². The molecule has 7 nitrogen and oxygen atoms in total. The zero-order valence-corrected chi connectivity index (χ0v) is 18.5. The van der Waals surface area contributed by atoms with E-state index in [-0.39, 0.29) is 11.8 Å². The molecule has 3 heterocycles. The first-order valence-electron chi connectivity index (χ1n) is 11.9. The van der Waals surface area contributed by atoms with Gasteiger partial charge in [0.05, 0.1) is 6.54 Å². The fourth-order valence-electron chi connectivity index (χ4n) is 4.59. The molecule has 1 aromatic heterocycles. The van der Waals surface area contributed by atoms with E-state index in [0.29, 0.717) is 18.3 Å². The number of carbonyl (C=O) groups is 1. The Morgan fingerprint density at radius 3 is 2.48 bits per heavy atom. The zero-order chi connectivity index (χ0) is 21.3. The van der Waals surface area contributed by atoms with Gasteiger partial charge in [-0.25, -0.2) is 0 Å². The quantitative estimate of drug-likeness (QED) is 0.654. The van der Waals surface area contributed by atoms with Gasteiger partial charge in [0, 0.05) is 18.0 Å². The van der Waals surface area contributed by atoms with Crippen LogP contribution in [-0.4, -0.2) is 65.1 Å². The van der Waals surface area contributed by atoms with Crippen LogP contribution in [0, 0.1) is 5.92 Å². The third kappa shape index (κ3) is 6.61. The van der Waals surface area contributed by atoms with Crippen LogP contribution in [0.25, 0.3) is 11.4 Å². The number of amides is 1. The number of benzene rings is 1. The van der Waals surface area contributed by atoms with Gasteiger partial charge >= 0.3 is 0 Å². The van der Waals surface area contributed by atoms with Crippen molar-refractivity contribution in [3.8, 4) is 11.4 Å². The second kappa shape index (κ2) is 11.4. The van der Waals surface area contributed by atoms with E-state index in [2.05, 4.69) is 25.3 Å². The number of hydrogen-bond acceptors (Lipinski definition) is 6. The van der Waals surface area contributed by atoms with Crippen LogP contribution >= 0.6 is 0 Å². The average molecular weight is 426 g/mol. The Labute approximate surface area is 185 Å². The van der Waals surface area contributed by atoms with Crippen LogP contribution < -0.4 is 5.32 Å². The lowest BCUT2D eigenvalue weighted by atomic mass is 9.96. The summed E-state index contributed by atoms with van der Waals surface area (Å²) in [5, 5.41) is 7.26. The number of rotatable bonds is 8. The number of hydrogen-bond donors (Lipinski definition) is 1. The van der Waals surface area contributed by atoms with Crippen molar-refractivity contribution in [1.82, 2.24) is 25.3 Å². The maximum atomic E-state index is 12.5. The average Bonchev–Trinajstić information content (AvgIpc) is 3.12. The molecule has 2 aliphatic heterocycles. The van der Waals surface area contributed by atoms with Gasteiger partial charge in [-0.15, -0.1) is 0 Å². The highest BCUT2D eigenvalue weighted by Crippen LogP contribution is 2.20. The topological polar surface area (TPSA) is 74.5 Å². The Morgan fingerprint density at radius 1 is 1.00 bits per heavy atom. The maximum Gasteiger partial charge on any atom is 0.241 e. The molecular formula is C24H35N5O2. The van der Waals surface area contributed by atoms with Gasteiger partial charge in [0.15, 0.2) is 0 Å². The number of nitrogens with zero attached hydrogens (tertiary/aromatic N) is 4. The summed E-state index contributed by atoms with van der Waals surface area (Å²) in [4.78, 5) is 21.9. The number of carbonyl (C=O) groups excluding carboxylic acids is 1. The van der Waals surface area contributed by atoms with Gasteiger partial charge in [-0.05, 0) is 64.8 Å². The minimum atomic E-state index is 0.122. The van der Waals surface area contributed by atoms with Crippen molar-refractivity contribution in [1.29, 1.82) is 0 Å². The number of likely N-dealkylation sites (tertiary alicyclic amines) is 2. The summed E-state index contributed by atoms with van der Waals surface area (Å²) in [6, 6.07) is 9.87. The van der Waals surface area contributed by atoms with Crippen LogP contribution in [0.15, 0.2) is 34.9 Å². The summed E-state index contributed by atoms with van der Waals surface area (Å²) in [5.41, 5.74) is 0.962. The molecule has 1 amide bonds. The standard InChI is InChI=1S/C24H35N5O2/c30-24(25-13-8-16-28-14-6-1-2-7-15-28)21-11-17-29(18-12-21)19-22-26-23(27-31-22)20-9-4-3-5-10-20/h3-5,9-10,21H,1-2,6-8,11-19H2,(H,25,30). The van der Waals surface area contributed by atoms with E-state index in [0.717, 1.165) is 51.0 Å². The van der Waals surface area contributed by atoms with Crippen LogP contribution in [0.1, 0.15) is 50.8 Å². The Morgan fingerprint density at radius 2 is 1.74 bits per heavy atom. The molecule has 1 aromatic carbocycles. The summed E-state index contributed by atoms with van der Waals surface area (Å²) in [6.07, 6.45) is 8.20. The molecule has 0 atom stereocenters. The smallest absolute Gasteiger partial charge is 0.241 e. The van der Waals surface area contributed by atoms with Crippen LogP contribution in [0.5, 0.6) is 0 Å². The first kappa shape index (κ1) is 22.0. The molecule has 0 saturated carbocycles. The summed E-state index contributed by atoms with van der Waals surface area (Å²) >= 11 is 0. The Balaban J connectivity index is 1.13. The molecule has 0 aliphatic carbocycles. The molecular weight excluding hydrogens is 390 g/mol. The Bertz CT molecular complexity index is 793. The van der Waals surface area contributed by atoms with Crippen LogP contribution in [-0.2, 0) is 11.3 Å². The highest BCUT2D eigenvalue weighted by Gasteiger charge is 2.25. The molecule has 7 heteroatoms. The normalized spacial score (nSPS) is 19.2. The molecule has 31 heavy (non-hydrogen) atoms. The van der Waals surface area contributed by atoms with Crippen molar-refractivity contribution in [3.63, 3.8) is 0 Å². The van der Waals surface area contributed by atoms with E-state index in [4.69, 9.17) is 4.52 Å². The monoisotopic (exact) mass is 425 g/mol. The molecule has 168 valence electrons. The van der Waals surface area contributed by atoms with E-state index < -0.39 is 0 Å². The van der Waals surface area contributed by atoms with Crippen molar-refractivity contribution >= 4 is 5.91 Å². The molecule has 2 saturated heterocycles. The third-order valence-corrected chi connectivity index (χ3v) is 6.47. The molecule has 0 bridgehead atoms. The number of aromatic nitrogens is 2. The lowest BCUT2D eigenvalue weighted by molar-refractivity contribution is -0.126. The largest absolute Gasteiger partial charge is 0.356 e. The molecule has 2 fully saturated rings. The van der Waals surface area contributed by atoms with E-state index in [9.17, 15) is 4.79 Å². The van der Waals surface area contributed by atoms with E-state index in [1.54, 1.807) is 0 Å². The predicted molar refractivity (Wildman–Crippen MR) is 120 cm³/mol. The Hall–Kier alpha value is -2.25. The molecule has 0 radical (unpaired) electrons. The van der Waals surface area contributed by atoms with Gasteiger partial charge in [0.25, 0.3) is 0 Å². The van der Waals surface area contributed by atoms with Gasteiger partial charge in [-0.2, -0.15) is 4.98 Å². The fraction of sp³-hybridized carbons (Fsp3) is 0.625. The maximum absolute atomic E-state index is 12.5. The lowest BCUT2D eigenvalue weighted by Crippen LogP contribution is -2.41. The van der Waals surface area contributed by atoms with Crippen LogP contribution in [0.2, 0.25) is 0 Å². The van der Waals surface area contributed by atoms with Gasteiger partial charge in [0.2, 0.25) is 17.6 Å². The molecule has 0 unspecified atom stereocenters. The summed E-state index contributed by atoms with van der Waals surface area (Å²) in [6.45, 7) is 6.75. The molecule has 4 rings (SSSR count). The van der Waals surface area contributed by atoms with Crippen molar-refractivity contribution in [2.24, 2.45) is 5.92 Å². The van der Waals surface area contributed by atoms with Crippen molar-refractivity contribution in [3.05, 3.63) is 36.2 Å². The molecule has 0 spiro atoms. The SMILES string of the molecule is O=C(NCCCN1CCCCCC1)C1CCN(Cc2nc(-c3ccccc3)no2)CC1. The highest BCUT2D eigenvalue weighted by atomic mass is 16.5. The van der Waals surface area contributed by atoms with Gasteiger partial charge in [0.1, 0.15) is 0 Å². The minimum Gasteiger partial charge on any atom is -0.356 e. The predicted octanol–water partition coefficient (Wildman–Crippen LogP) is 3.33. The van der Waals surface area contributed by atoms with Crippen LogP contribution in [0.3, 0.4) is 0 Å². The summed E-state index contributed by atoms with van der Waals surface area (Å²) in [5.74, 6) is 1.61. The van der Waals surface area contributed by atoms with Crippen LogP contribution in [0.4, 0.5) is 0 Å². The summed E-state index contributed by atoms with van der Waals surface area (Å²) < 4.78 is 5.43. The molecule has 2 aromatic rings. The number of nitrogens with one attached hydrogen (secondary N) is 1. The highest BCUT2D eigenvalue weighted by molar-refractivity contribution is 5.78. The van der Waals surface area contributed by atoms with E-state index in [1.165, 1.54) is 38.8 Å². The van der Waals surface area contributed by atoms with Crippen molar-refractivity contribution < 1.29 is 9.32 Å². The van der Waals surface area contributed by atoms with Crippen molar-refractivity contribution in [2.75, 3.05) is 39.3 Å². The lowest BCUT2D eigenvalue weighted by Gasteiger charge is -2.30. The molecule has 2 aliphatic rings. The zero-order valence-electron chi connectivity index (χ0n) is 18.5. The van der Waals surface area contributed by atoms with Gasteiger partial charge in [-0.3, -0.25) is 9.69 Å². The fourth-order valence-corrected chi connectivity index (χ4v) is 4.59. The summed E-state index contributed by atoms with van der Waals surface area (Å²) in [7, 11) is 0. The Kier molecular flexibility index (Phi) is 8.07.